The van der Waals surface area contributed by atoms with E-state index in [2.05, 4.69) is 16.3 Å². The minimum atomic E-state index is -0.0416. The van der Waals surface area contributed by atoms with Crippen molar-refractivity contribution >= 4 is 11.4 Å². The molecule has 2 aliphatic rings. The number of nitrogens with one attached hydrogen (secondary N) is 1. The Morgan fingerprint density at radius 3 is 3.00 bits per heavy atom. The zero-order chi connectivity index (χ0) is 15.1. The number of aromatic nitrogens is 1. The maximum Gasteiger partial charge on any atom is 0.251 e. The number of nitriles is 1. The molecule has 5 heteroatoms. The summed E-state index contributed by atoms with van der Waals surface area (Å²) in [6, 6.07) is 7.77. The average Bonchev–Trinajstić information content (AvgIpc) is 3.09. The van der Waals surface area contributed by atoms with Crippen LogP contribution in [-0.4, -0.2) is 40.9 Å². The highest BCUT2D eigenvalue weighted by atomic mass is 16.1. The number of piperidine rings is 1. The first-order valence-electron chi connectivity index (χ1n) is 7.77. The van der Waals surface area contributed by atoms with Gasteiger partial charge in [-0.1, -0.05) is 0 Å². The van der Waals surface area contributed by atoms with Crippen LogP contribution in [0, 0.1) is 17.2 Å². The van der Waals surface area contributed by atoms with Crippen LogP contribution in [0.4, 0.5) is 0 Å². The van der Waals surface area contributed by atoms with Crippen LogP contribution < -0.4 is 5.32 Å². The fourth-order valence-corrected chi connectivity index (χ4v) is 3.77. The third-order valence-electron chi connectivity index (χ3n) is 4.85. The molecule has 1 amide bonds. The molecule has 2 aromatic heterocycles. The highest BCUT2D eigenvalue weighted by molar-refractivity contribution is 5.95. The first-order valence-corrected chi connectivity index (χ1v) is 7.77. The molecule has 0 aromatic carbocycles. The number of hydrogen-bond acceptors (Lipinski definition) is 3. The molecule has 22 heavy (non-hydrogen) atoms. The summed E-state index contributed by atoms with van der Waals surface area (Å²) in [5, 5.41) is 12.3. The van der Waals surface area contributed by atoms with Crippen molar-refractivity contribution in [1.29, 1.82) is 5.26 Å². The molecule has 2 aromatic rings. The van der Waals surface area contributed by atoms with Crippen molar-refractivity contribution in [2.45, 2.75) is 18.9 Å². The highest BCUT2D eigenvalue weighted by Crippen LogP contribution is 2.26. The van der Waals surface area contributed by atoms with E-state index in [-0.39, 0.29) is 11.9 Å². The van der Waals surface area contributed by atoms with E-state index in [9.17, 15) is 4.79 Å². The van der Waals surface area contributed by atoms with Gasteiger partial charge in [0.15, 0.2) is 0 Å². The van der Waals surface area contributed by atoms with Gasteiger partial charge in [-0.15, -0.1) is 0 Å². The smallest absolute Gasteiger partial charge is 0.251 e. The first kappa shape index (κ1) is 13.4. The summed E-state index contributed by atoms with van der Waals surface area (Å²) in [4.78, 5) is 14.9. The standard InChI is InChI=1S/C17H18N4O/c18-9-14-3-6-21-5-2-13(8-16(14)21)17(22)19-15-7-12-1-4-20(10-12)11-15/h2-3,5-6,8,12,15H,1,4,7,10-11H2,(H,19,22)/t12-,15-/m1/s1. The third-order valence-corrected chi connectivity index (χ3v) is 4.85. The van der Waals surface area contributed by atoms with Gasteiger partial charge >= 0.3 is 0 Å². The van der Waals surface area contributed by atoms with Crippen LogP contribution in [0.1, 0.15) is 28.8 Å². The minimum absolute atomic E-state index is 0.0416. The molecule has 0 aliphatic carbocycles. The maximum atomic E-state index is 12.5. The second-order valence-corrected chi connectivity index (χ2v) is 6.37. The summed E-state index contributed by atoms with van der Waals surface area (Å²) in [6.45, 7) is 3.31. The van der Waals surface area contributed by atoms with E-state index in [0.717, 1.165) is 24.4 Å². The van der Waals surface area contributed by atoms with E-state index >= 15 is 0 Å². The van der Waals surface area contributed by atoms with Crippen molar-refractivity contribution in [1.82, 2.24) is 14.6 Å². The number of nitrogens with zero attached hydrogens (tertiary/aromatic N) is 3. The molecule has 2 aliphatic heterocycles. The Morgan fingerprint density at radius 2 is 2.18 bits per heavy atom. The molecular weight excluding hydrogens is 276 g/mol. The summed E-state index contributed by atoms with van der Waals surface area (Å²) in [5.74, 6) is 0.692. The van der Waals surface area contributed by atoms with Gasteiger partial charge in [-0.05, 0) is 43.5 Å². The van der Waals surface area contributed by atoms with E-state index in [1.165, 1.54) is 19.5 Å². The van der Waals surface area contributed by atoms with Crippen molar-refractivity contribution < 1.29 is 4.79 Å². The Hall–Kier alpha value is -2.32. The van der Waals surface area contributed by atoms with E-state index in [1.54, 1.807) is 18.2 Å². The molecule has 1 N–H and O–H groups in total. The molecule has 5 nitrogen and oxygen atoms in total. The number of fused-ring (bicyclic) bond motifs is 3. The molecule has 112 valence electrons. The van der Waals surface area contributed by atoms with Gasteiger partial charge in [0.05, 0.1) is 11.1 Å². The van der Waals surface area contributed by atoms with Crippen LogP contribution in [0.2, 0.25) is 0 Å². The second-order valence-electron chi connectivity index (χ2n) is 6.37. The Bertz CT molecular complexity index is 761. The topological polar surface area (TPSA) is 60.5 Å². The zero-order valence-electron chi connectivity index (χ0n) is 12.3. The lowest BCUT2D eigenvalue weighted by atomic mass is 9.96. The molecule has 2 saturated heterocycles. The van der Waals surface area contributed by atoms with Crippen molar-refractivity contribution in [2.75, 3.05) is 19.6 Å². The summed E-state index contributed by atoms with van der Waals surface area (Å²) in [7, 11) is 0. The SMILES string of the molecule is N#Cc1ccn2ccc(C(=O)N[C@@H]3C[C@H]4CCN(C4)C3)cc12. The van der Waals surface area contributed by atoms with E-state index in [1.807, 2.05) is 16.8 Å². The molecule has 4 rings (SSSR count). The Labute approximate surface area is 129 Å². The van der Waals surface area contributed by atoms with Gasteiger partial charge < -0.3 is 14.6 Å². The maximum absolute atomic E-state index is 12.5. The number of hydrogen-bond donors (Lipinski definition) is 1. The first-order chi connectivity index (χ1) is 10.7. The zero-order valence-corrected chi connectivity index (χ0v) is 12.3. The molecule has 3 atom stereocenters. The molecule has 0 spiro atoms. The van der Waals surface area contributed by atoms with Gasteiger partial charge in [-0.3, -0.25) is 4.79 Å². The molecule has 0 radical (unpaired) electrons. The molecule has 1 unspecified atom stereocenters. The quantitative estimate of drug-likeness (QED) is 0.916. The molecule has 2 fully saturated rings. The number of carbonyl (C=O) groups excluding carboxylic acids is 1. The predicted octanol–water partition coefficient (Wildman–Crippen LogP) is 1.63. The number of amides is 1. The summed E-state index contributed by atoms with van der Waals surface area (Å²) in [6.07, 6.45) is 6.01. The monoisotopic (exact) mass is 294 g/mol. The van der Waals surface area contributed by atoms with Crippen LogP contribution in [0.25, 0.3) is 5.52 Å². The van der Waals surface area contributed by atoms with Gasteiger partial charge in [0.25, 0.3) is 5.91 Å². The Balaban J connectivity index is 1.54. The van der Waals surface area contributed by atoms with Crippen LogP contribution in [0.15, 0.2) is 30.6 Å². The normalized spacial score (nSPS) is 26.8. The summed E-state index contributed by atoms with van der Waals surface area (Å²) in [5.41, 5.74) is 2.00. The van der Waals surface area contributed by atoms with Gasteiger partial charge in [0.1, 0.15) is 6.07 Å². The second kappa shape index (κ2) is 5.15. The van der Waals surface area contributed by atoms with Crippen LogP contribution in [0.3, 0.4) is 0 Å². The highest BCUT2D eigenvalue weighted by Gasteiger charge is 2.32. The van der Waals surface area contributed by atoms with Gasteiger partial charge in [0.2, 0.25) is 0 Å². The summed E-state index contributed by atoms with van der Waals surface area (Å²) < 4.78 is 1.86. The lowest BCUT2D eigenvalue weighted by molar-refractivity contribution is 0.0909. The number of pyridine rings is 1. The predicted molar refractivity (Wildman–Crippen MR) is 82.5 cm³/mol. The van der Waals surface area contributed by atoms with E-state index in [4.69, 9.17) is 5.26 Å². The number of rotatable bonds is 2. The Kier molecular flexibility index (Phi) is 3.12. The fraction of sp³-hybridized carbons (Fsp3) is 0.412. The van der Waals surface area contributed by atoms with Crippen molar-refractivity contribution in [3.05, 3.63) is 41.7 Å². The lowest BCUT2D eigenvalue weighted by Crippen LogP contribution is -2.47. The Morgan fingerprint density at radius 1 is 1.32 bits per heavy atom. The van der Waals surface area contributed by atoms with Gasteiger partial charge in [-0.2, -0.15) is 5.26 Å². The third kappa shape index (κ3) is 2.26. The van der Waals surface area contributed by atoms with Crippen LogP contribution in [0.5, 0.6) is 0 Å². The minimum Gasteiger partial charge on any atom is -0.348 e. The van der Waals surface area contributed by atoms with Gasteiger partial charge in [-0.25, -0.2) is 0 Å². The molecule has 2 bridgehead atoms. The van der Waals surface area contributed by atoms with Crippen molar-refractivity contribution in [3.63, 3.8) is 0 Å². The van der Waals surface area contributed by atoms with Gasteiger partial charge in [0, 0.05) is 37.1 Å². The van der Waals surface area contributed by atoms with Crippen LogP contribution in [-0.2, 0) is 0 Å². The van der Waals surface area contributed by atoms with Crippen molar-refractivity contribution in [3.8, 4) is 6.07 Å². The van der Waals surface area contributed by atoms with Crippen LogP contribution >= 0.6 is 0 Å². The number of carbonyl (C=O) groups is 1. The lowest BCUT2D eigenvalue weighted by Gasteiger charge is -2.30. The molecular formula is C17H18N4O. The van der Waals surface area contributed by atoms with E-state index in [0.29, 0.717) is 11.1 Å². The largest absolute Gasteiger partial charge is 0.348 e. The summed E-state index contributed by atoms with van der Waals surface area (Å²) >= 11 is 0. The van der Waals surface area contributed by atoms with Crippen molar-refractivity contribution in [2.24, 2.45) is 5.92 Å². The fourth-order valence-electron chi connectivity index (χ4n) is 3.77. The average molecular weight is 294 g/mol. The molecule has 0 saturated carbocycles. The molecule has 4 heterocycles. The van der Waals surface area contributed by atoms with E-state index < -0.39 is 0 Å².